The van der Waals surface area contributed by atoms with E-state index in [2.05, 4.69) is 32.1 Å². The number of hydrogen-bond donors (Lipinski definition) is 0. The third kappa shape index (κ3) is 5.16. The van der Waals surface area contributed by atoms with Gasteiger partial charge >= 0.3 is 11.9 Å². The number of carbonyl (C=O) groups excluding carboxylic acids is 2. The van der Waals surface area contributed by atoms with Crippen molar-refractivity contribution in [2.24, 2.45) is 29.1 Å². The highest BCUT2D eigenvalue weighted by Gasteiger charge is 2.43. The summed E-state index contributed by atoms with van der Waals surface area (Å²) in [4.78, 5) is 24.5. The van der Waals surface area contributed by atoms with E-state index >= 15 is 0 Å². The van der Waals surface area contributed by atoms with E-state index in [1.165, 1.54) is 5.57 Å². The molecule has 0 amide bonds. The zero-order valence-electron chi connectivity index (χ0n) is 19.1. The van der Waals surface area contributed by atoms with Gasteiger partial charge in [-0.15, -0.1) is 6.10 Å². The predicted molar refractivity (Wildman–Crippen MR) is 113 cm³/mol. The third-order valence-corrected chi connectivity index (χ3v) is 7.33. The van der Waals surface area contributed by atoms with E-state index in [-0.39, 0.29) is 36.5 Å². The molecule has 0 unspecified atom stereocenters. The van der Waals surface area contributed by atoms with Gasteiger partial charge in [0.15, 0.2) is 0 Å². The molecule has 2 aliphatic carbocycles. The molecule has 0 N–H and O–H groups in total. The lowest BCUT2D eigenvalue weighted by molar-refractivity contribution is -0.427. The van der Waals surface area contributed by atoms with Crippen LogP contribution in [0.4, 0.5) is 0 Å². The zero-order chi connectivity index (χ0) is 22.1. The van der Waals surface area contributed by atoms with Crippen molar-refractivity contribution >= 4 is 11.9 Å². The van der Waals surface area contributed by atoms with Gasteiger partial charge in [0.25, 0.3) is 0 Å². The number of carbonyl (C=O) groups is 2. The van der Waals surface area contributed by atoms with Gasteiger partial charge in [-0.05, 0) is 69.3 Å². The Morgan fingerprint density at radius 3 is 2.67 bits per heavy atom. The van der Waals surface area contributed by atoms with Gasteiger partial charge in [-0.3, -0.25) is 9.59 Å². The van der Waals surface area contributed by atoms with Crippen molar-refractivity contribution in [1.82, 2.24) is 0 Å². The second-order valence-electron chi connectivity index (χ2n) is 10.2. The molecule has 0 spiro atoms. The molecule has 3 rings (SSSR count). The maximum Gasteiger partial charge on any atom is 0.311 e. The molecule has 0 aromatic heterocycles. The van der Waals surface area contributed by atoms with Crippen LogP contribution in [0, 0.1) is 29.1 Å². The van der Waals surface area contributed by atoms with Gasteiger partial charge < -0.3 is 14.6 Å². The van der Waals surface area contributed by atoms with E-state index in [1.807, 2.05) is 20.8 Å². The maximum absolute atomic E-state index is 12.9. The Hall–Kier alpha value is -1.62. The molecule has 0 saturated carbocycles. The van der Waals surface area contributed by atoms with Gasteiger partial charge in [0.2, 0.25) is 0 Å². The average Bonchev–Trinajstić information content (AvgIpc) is 2.66. The first-order valence-electron chi connectivity index (χ1n) is 11.6. The molecule has 3 aliphatic rings. The summed E-state index contributed by atoms with van der Waals surface area (Å²) < 4.78 is 11.6. The topological polar surface area (TPSA) is 75.7 Å². The Kier molecular flexibility index (Phi) is 7.11. The fraction of sp³-hybridized carbons (Fsp3) is 0.760. The van der Waals surface area contributed by atoms with Crippen molar-refractivity contribution in [2.45, 2.75) is 91.5 Å². The highest BCUT2D eigenvalue weighted by atomic mass is 16.6. The highest BCUT2D eigenvalue weighted by Crippen LogP contribution is 2.45. The number of rotatable bonds is 6. The van der Waals surface area contributed by atoms with Crippen LogP contribution < -0.4 is 5.11 Å². The van der Waals surface area contributed by atoms with Gasteiger partial charge in [-0.2, -0.15) is 0 Å². The van der Waals surface area contributed by atoms with Crippen LogP contribution >= 0.6 is 0 Å². The SMILES string of the molecule is CCC(C)(C)C(=O)O[C@@H]1C[C@H](C)C=C2C=C[C@@H](C)[C@@H](CC[C@@H]3C[C@H]([O-])CC(=O)O3)[C@@H]21. The minimum Gasteiger partial charge on any atom is -0.851 e. The van der Waals surface area contributed by atoms with E-state index in [4.69, 9.17) is 9.47 Å². The summed E-state index contributed by atoms with van der Waals surface area (Å²) in [6, 6.07) is 0. The Morgan fingerprint density at radius 1 is 1.27 bits per heavy atom. The lowest BCUT2D eigenvalue weighted by Gasteiger charge is -2.44. The van der Waals surface area contributed by atoms with Gasteiger partial charge in [0, 0.05) is 12.3 Å². The molecular weight excluding hydrogens is 380 g/mol. The van der Waals surface area contributed by atoms with E-state index in [1.54, 1.807) is 0 Å². The summed E-state index contributed by atoms with van der Waals surface area (Å²) in [6.45, 7) is 10.3. The average molecular weight is 418 g/mol. The Labute approximate surface area is 180 Å². The first kappa shape index (κ1) is 23.1. The van der Waals surface area contributed by atoms with E-state index in [0.29, 0.717) is 30.6 Å². The molecule has 5 nitrogen and oxygen atoms in total. The quantitative estimate of drug-likeness (QED) is 0.612. The molecule has 1 saturated heterocycles. The number of esters is 2. The van der Waals surface area contributed by atoms with Gasteiger partial charge in [-0.1, -0.05) is 39.0 Å². The molecule has 5 heteroatoms. The van der Waals surface area contributed by atoms with Crippen molar-refractivity contribution in [1.29, 1.82) is 0 Å². The van der Waals surface area contributed by atoms with Crippen molar-refractivity contribution in [3.8, 4) is 0 Å². The number of fused-ring (bicyclic) bond motifs is 1. The van der Waals surface area contributed by atoms with E-state index < -0.39 is 11.5 Å². The second kappa shape index (κ2) is 9.25. The summed E-state index contributed by atoms with van der Waals surface area (Å²) in [5.41, 5.74) is 0.765. The summed E-state index contributed by atoms with van der Waals surface area (Å²) >= 11 is 0. The summed E-state index contributed by atoms with van der Waals surface area (Å²) in [7, 11) is 0. The normalized spacial score (nSPS) is 36.5. The Balaban J connectivity index is 1.76. The van der Waals surface area contributed by atoms with Crippen molar-refractivity contribution < 1.29 is 24.2 Å². The largest absolute Gasteiger partial charge is 0.851 e. The van der Waals surface area contributed by atoms with E-state index in [9.17, 15) is 14.7 Å². The first-order valence-corrected chi connectivity index (χ1v) is 11.6. The standard InChI is InChI=1S/C25H37O5/c1-6-25(4,5)24(28)30-21-12-15(2)11-17-8-7-16(3)20(23(17)21)10-9-19-13-18(26)14-22(27)29-19/h7-8,11,15-16,18-21,23H,6,9-10,12-14H2,1-5H3/q-1/t15-,16-,18+,19-,20-,21-,23-/m1/s1. The molecule has 168 valence electrons. The van der Waals surface area contributed by atoms with Crippen LogP contribution in [-0.2, 0) is 19.1 Å². The summed E-state index contributed by atoms with van der Waals surface area (Å²) in [6.07, 6.45) is 8.95. The molecule has 0 radical (unpaired) electrons. The van der Waals surface area contributed by atoms with Gasteiger partial charge in [0.1, 0.15) is 12.2 Å². The molecular formula is C25H37O5-. The smallest absolute Gasteiger partial charge is 0.311 e. The number of ether oxygens (including phenoxy) is 2. The van der Waals surface area contributed by atoms with Gasteiger partial charge in [0.05, 0.1) is 5.41 Å². The van der Waals surface area contributed by atoms with E-state index in [0.717, 1.165) is 19.3 Å². The second-order valence-corrected chi connectivity index (χ2v) is 10.2. The molecule has 0 aromatic rings. The number of cyclic esters (lactones) is 1. The number of hydrogen-bond acceptors (Lipinski definition) is 5. The molecule has 0 bridgehead atoms. The lowest BCUT2D eigenvalue weighted by atomic mass is 9.65. The fourth-order valence-electron chi connectivity index (χ4n) is 5.06. The monoisotopic (exact) mass is 417 g/mol. The zero-order valence-corrected chi connectivity index (χ0v) is 19.1. The minimum absolute atomic E-state index is 0.0162. The maximum atomic E-state index is 12.9. The minimum atomic E-state index is -0.851. The van der Waals surface area contributed by atoms with Crippen molar-refractivity contribution in [3.05, 3.63) is 23.8 Å². The number of allylic oxidation sites excluding steroid dienone is 3. The highest BCUT2D eigenvalue weighted by molar-refractivity contribution is 5.76. The van der Waals surface area contributed by atoms with Crippen LogP contribution in [-0.4, -0.2) is 30.3 Å². The molecule has 1 aliphatic heterocycles. The summed E-state index contributed by atoms with van der Waals surface area (Å²) in [5.74, 6) is 0.645. The van der Waals surface area contributed by atoms with Crippen LogP contribution in [0.5, 0.6) is 0 Å². The molecule has 0 aromatic carbocycles. The summed E-state index contributed by atoms with van der Waals surface area (Å²) in [5, 5.41) is 11.9. The fourth-order valence-corrected chi connectivity index (χ4v) is 5.06. The first-order chi connectivity index (χ1) is 14.1. The van der Waals surface area contributed by atoms with Crippen LogP contribution in [0.25, 0.3) is 0 Å². The van der Waals surface area contributed by atoms with Crippen LogP contribution in [0.3, 0.4) is 0 Å². The van der Waals surface area contributed by atoms with Crippen molar-refractivity contribution in [2.75, 3.05) is 0 Å². The Bertz CT molecular complexity index is 706. The Morgan fingerprint density at radius 2 is 2.00 bits per heavy atom. The molecule has 30 heavy (non-hydrogen) atoms. The van der Waals surface area contributed by atoms with Crippen LogP contribution in [0.1, 0.15) is 73.1 Å². The van der Waals surface area contributed by atoms with Gasteiger partial charge in [-0.25, -0.2) is 0 Å². The predicted octanol–water partition coefficient (Wildman–Crippen LogP) is 3.95. The third-order valence-electron chi connectivity index (χ3n) is 7.33. The molecule has 7 atom stereocenters. The lowest BCUT2D eigenvalue weighted by Crippen LogP contribution is -2.43. The molecule has 1 fully saturated rings. The molecule has 1 heterocycles. The van der Waals surface area contributed by atoms with Crippen LogP contribution in [0.2, 0.25) is 0 Å². The van der Waals surface area contributed by atoms with Crippen LogP contribution in [0.15, 0.2) is 23.8 Å². The van der Waals surface area contributed by atoms with Crippen molar-refractivity contribution in [3.63, 3.8) is 0 Å².